The summed E-state index contributed by atoms with van der Waals surface area (Å²) < 4.78 is 0. The first-order valence-electron chi connectivity index (χ1n) is 10.9. The third-order valence-electron chi connectivity index (χ3n) is 5.24. The van der Waals surface area contributed by atoms with E-state index in [1.807, 2.05) is 51.1 Å². The van der Waals surface area contributed by atoms with Crippen molar-refractivity contribution in [2.24, 2.45) is 11.3 Å². The van der Waals surface area contributed by atoms with Crippen molar-refractivity contribution in [3.05, 3.63) is 48.0 Å². The summed E-state index contributed by atoms with van der Waals surface area (Å²) in [7, 11) is 0. The Labute approximate surface area is 185 Å². The van der Waals surface area contributed by atoms with E-state index in [1.54, 1.807) is 0 Å². The van der Waals surface area contributed by atoms with E-state index in [4.69, 9.17) is 4.84 Å². The number of nitrogens with one attached hydrogen (secondary N) is 2. The zero-order chi connectivity index (χ0) is 22.7. The third kappa shape index (κ3) is 8.53. The summed E-state index contributed by atoms with van der Waals surface area (Å²) in [6, 6.07) is 8.87. The highest BCUT2D eigenvalue weighted by Gasteiger charge is 2.34. The SMILES string of the molecule is CC(C)(C)[C@@H]1NC(=O)[C@@H](CN(C=O)OCc2ccccc2)CCC/C=C/CCNC1=O. The molecule has 31 heavy (non-hydrogen) atoms. The zero-order valence-electron chi connectivity index (χ0n) is 18.8. The number of hydrogen-bond acceptors (Lipinski definition) is 4. The summed E-state index contributed by atoms with van der Waals surface area (Å²) in [5, 5.41) is 7.01. The van der Waals surface area contributed by atoms with Gasteiger partial charge < -0.3 is 10.6 Å². The second-order valence-electron chi connectivity index (χ2n) is 8.95. The van der Waals surface area contributed by atoms with Gasteiger partial charge in [-0.05, 0) is 36.7 Å². The number of hydrogen-bond donors (Lipinski definition) is 2. The quantitative estimate of drug-likeness (QED) is 0.413. The molecular weight excluding hydrogens is 394 g/mol. The first-order valence-corrected chi connectivity index (χ1v) is 10.9. The smallest absolute Gasteiger partial charge is 0.243 e. The molecule has 1 heterocycles. The van der Waals surface area contributed by atoms with E-state index in [2.05, 4.69) is 22.8 Å². The van der Waals surface area contributed by atoms with E-state index in [1.165, 1.54) is 5.06 Å². The van der Waals surface area contributed by atoms with Crippen molar-refractivity contribution in [2.75, 3.05) is 13.1 Å². The Morgan fingerprint density at radius 3 is 2.48 bits per heavy atom. The van der Waals surface area contributed by atoms with Gasteiger partial charge in [0.25, 0.3) is 0 Å². The fraction of sp³-hybridized carbons (Fsp3) is 0.542. The number of carbonyl (C=O) groups is 3. The first-order chi connectivity index (χ1) is 14.8. The van der Waals surface area contributed by atoms with Crippen LogP contribution >= 0.6 is 0 Å². The van der Waals surface area contributed by atoms with E-state index in [9.17, 15) is 14.4 Å². The molecule has 2 atom stereocenters. The van der Waals surface area contributed by atoms with Gasteiger partial charge in [0, 0.05) is 6.54 Å². The van der Waals surface area contributed by atoms with Crippen molar-refractivity contribution >= 4 is 18.2 Å². The molecule has 0 saturated carbocycles. The lowest BCUT2D eigenvalue weighted by atomic mass is 9.85. The van der Waals surface area contributed by atoms with Crippen molar-refractivity contribution in [1.29, 1.82) is 0 Å². The molecule has 0 fully saturated rings. The minimum absolute atomic E-state index is 0.129. The van der Waals surface area contributed by atoms with E-state index in [0.717, 1.165) is 24.8 Å². The Morgan fingerprint density at radius 2 is 1.81 bits per heavy atom. The molecule has 1 aliphatic rings. The molecule has 0 aromatic heterocycles. The highest BCUT2D eigenvalue weighted by molar-refractivity contribution is 5.89. The predicted octanol–water partition coefficient (Wildman–Crippen LogP) is 2.97. The van der Waals surface area contributed by atoms with Gasteiger partial charge >= 0.3 is 0 Å². The number of allylic oxidation sites excluding steroid dienone is 1. The van der Waals surface area contributed by atoms with Crippen LogP contribution in [0.5, 0.6) is 0 Å². The number of amides is 3. The van der Waals surface area contributed by atoms with Crippen LogP contribution in [0.25, 0.3) is 0 Å². The molecule has 3 amide bonds. The maximum atomic E-state index is 13.1. The second-order valence-corrected chi connectivity index (χ2v) is 8.95. The summed E-state index contributed by atoms with van der Waals surface area (Å²) >= 11 is 0. The van der Waals surface area contributed by atoms with Crippen LogP contribution in [0, 0.1) is 11.3 Å². The Bertz CT molecular complexity index is 743. The van der Waals surface area contributed by atoms with Crippen molar-refractivity contribution in [3.8, 4) is 0 Å². The number of benzene rings is 1. The van der Waals surface area contributed by atoms with Gasteiger partial charge in [0.2, 0.25) is 18.2 Å². The van der Waals surface area contributed by atoms with Crippen molar-refractivity contribution in [1.82, 2.24) is 15.7 Å². The van der Waals surface area contributed by atoms with E-state index in [0.29, 0.717) is 19.4 Å². The van der Waals surface area contributed by atoms with E-state index >= 15 is 0 Å². The van der Waals surface area contributed by atoms with Crippen molar-refractivity contribution < 1.29 is 19.2 Å². The third-order valence-corrected chi connectivity index (χ3v) is 5.24. The molecule has 0 aliphatic carbocycles. The first kappa shape index (κ1) is 24.6. The van der Waals surface area contributed by atoms with Gasteiger partial charge in [-0.2, -0.15) is 0 Å². The highest BCUT2D eigenvalue weighted by Crippen LogP contribution is 2.21. The molecule has 0 spiro atoms. The van der Waals surface area contributed by atoms with Gasteiger partial charge in [-0.25, -0.2) is 5.06 Å². The molecule has 2 rings (SSSR count). The van der Waals surface area contributed by atoms with E-state index < -0.39 is 17.4 Å². The zero-order valence-corrected chi connectivity index (χ0v) is 18.8. The monoisotopic (exact) mass is 429 g/mol. The van der Waals surface area contributed by atoms with Gasteiger partial charge in [0.15, 0.2) is 0 Å². The fourth-order valence-corrected chi connectivity index (χ4v) is 3.41. The fourth-order valence-electron chi connectivity index (χ4n) is 3.41. The highest BCUT2D eigenvalue weighted by atomic mass is 16.7. The summed E-state index contributed by atoms with van der Waals surface area (Å²) in [5.41, 5.74) is 0.484. The molecule has 1 aliphatic heterocycles. The molecule has 1 aromatic rings. The molecule has 7 heteroatoms. The molecule has 0 bridgehead atoms. The topological polar surface area (TPSA) is 87.7 Å². The molecule has 2 N–H and O–H groups in total. The molecular formula is C24H35N3O4. The summed E-state index contributed by atoms with van der Waals surface area (Å²) in [6.07, 6.45) is 7.72. The number of carbonyl (C=O) groups excluding carboxylic acids is 3. The number of hydroxylamine groups is 2. The lowest BCUT2D eigenvalue weighted by molar-refractivity contribution is -0.182. The summed E-state index contributed by atoms with van der Waals surface area (Å²) in [5.74, 6) is -0.916. The molecule has 0 saturated heterocycles. The van der Waals surface area contributed by atoms with Gasteiger partial charge in [0.05, 0.1) is 12.5 Å². The second kappa shape index (κ2) is 12.2. The molecule has 0 radical (unpaired) electrons. The van der Waals surface area contributed by atoms with Crippen molar-refractivity contribution in [2.45, 2.75) is 59.1 Å². The minimum Gasteiger partial charge on any atom is -0.354 e. The molecule has 170 valence electrons. The Kier molecular flexibility index (Phi) is 9.72. The van der Waals surface area contributed by atoms with Crippen LogP contribution in [0.1, 0.15) is 52.0 Å². The van der Waals surface area contributed by atoms with Crippen LogP contribution in [0.2, 0.25) is 0 Å². The lowest BCUT2D eigenvalue weighted by Gasteiger charge is -2.32. The molecule has 7 nitrogen and oxygen atoms in total. The van der Waals surface area contributed by atoms with Crippen LogP contribution in [0.3, 0.4) is 0 Å². The number of nitrogens with zero attached hydrogens (tertiary/aromatic N) is 1. The van der Waals surface area contributed by atoms with Gasteiger partial charge in [-0.15, -0.1) is 0 Å². The van der Waals surface area contributed by atoms with Gasteiger partial charge in [-0.3, -0.25) is 19.2 Å². The average Bonchev–Trinajstić information content (AvgIpc) is 2.75. The van der Waals surface area contributed by atoms with Gasteiger partial charge in [-0.1, -0.05) is 63.3 Å². The Balaban J connectivity index is 2.11. The largest absolute Gasteiger partial charge is 0.354 e. The van der Waals surface area contributed by atoms with Gasteiger partial charge in [0.1, 0.15) is 12.6 Å². The Hall–Kier alpha value is -2.67. The molecule has 1 aromatic carbocycles. The lowest BCUT2D eigenvalue weighted by Crippen LogP contribution is -2.55. The van der Waals surface area contributed by atoms with Crippen LogP contribution < -0.4 is 10.6 Å². The van der Waals surface area contributed by atoms with Crippen LogP contribution in [-0.2, 0) is 25.8 Å². The standard InChI is InChI=1S/C24H35N3O4/c1-24(2,3)21-23(30)25-15-11-6-4-5-10-14-20(22(29)26-21)16-27(18-28)31-17-19-12-8-7-9-13-19/h4,6-9,12-13,18,20-21H,5,10-11,14-17H2,1-3H3,(H,25,30)(H,26,29)/b6-4+/t20-,21-/m1/s1. The van der Waals surface area contributed by atoms with E-state index in [-0.39, 0.29) is 25.0 Å². The maximum absolute atomic E-state index is 13.1. The summed E-state index contributed by atoms with van der Waals surface area (Å²) in [6.45, 7) is 6.67. The maximum Gasteiger partial charge on any atom is 0.243 e. The normalized spacial score (nSPS) is 22.2. The van der Waals surface area contributed by atoms with Crippen LogP contribution in [0.15, 0.2) is 42.5 Å². The number of rotatable bonds is 6. The molecule has 0 unspecified atom stereocenters. The minimum atomic E-state index is -0.665. The van der Waals surface area contributed by atoms with Crippen LogP contribution in [-0.4, -0.2) is 42.4 Å². The van der Waals surface area contributed by atoms with Crippen molar-refractivity contribution in [3.63, 3.8) is 0 Å². The Morgan fingerprint density at radius 1 is 1.10 bits per heavy atom. The summed E-state index contributed by atoms with van der Waals surface area (Å²) in [4.78, 5) is 43.1. The average molecular weight is 430 g/mol. The predicted molar refractivity (Wildman–Crippen MR) is 119 cm³/mol. The van der Waals surface area contributed by atoms with Crippen LogP contribution in [0.4, 0.5) is 0 Å².